The Kier molecular flexibility index (Phi) is 6.02. The van der Waals surface area contributed by atoms with Gasteiger partial charge in [-0.05, 0) is 81.9 Å². The third kappa shape index (κ3) is 4.36. The summed E-state index contributed by atoms with van der Waals surface area (Å²) in [7, 11) is 0. The molecule has 6 aromatic carbocycles. The second kappa shape index (κ2) is 10.1. The minimum Gasteiger partial charge on any atom is -0.310 e. The van der Waals surface area contributed by atoms with Gasteiger partial charge in [0.05, 0.1) is 10.2 Å². The van der Waals surface area contributed by atoms with Gasteiger partial charge in [0.2, 0.25) is 0 Å². The molecule has 43 heavy (non-hydrogen) atoms. The van der Waals surface area contributed by atoms with E-state index in [2.05, 4.69) is 164 Å². The Bertz CT molecular complexity index is 2080. The molecule has 0 spiro atoms. The molecular weight excluding hydrogens is 541 g/mol. The van der Waals surface area contributed by atoms with E-state index in [1.807, 2.05) is 0 Å². The van der Waals surface area contributed by atoms with Gasteiger partial charge in [0.1, 0.15) is 5.01 Å². The molecule has 0 saturated carbocycles. The van der Waals surface area contributed by atoms with Crippen LogP contribution in [0.15, 0.2) is 146 Å². The van der Waals surface area contributed by atoms with Gasteiger partial charge in [-0.3, -0.25) is 0 Å². The number of hydrogen-bond acceptors (Lipinski definition) is 3. The first-order chi connectivity index (χ1) is 21.1. The normalized spacial score (nSPS) is 13.1. The average Bonchev–Trinajstić information content (AvgIpc) is 3.58. The second-order valence-electron chi connectivity index (χ2n) is 11.7. The largest absolute Gasteiger partial charge is 0.310 e. The van der Waals surface area contributed by atoms with Gasteiger partial charge < -0.3 is 4.90 Å². The van der Waals surface area contributed by atoms with Crippen molar-refractivity contribution in [2.45, 2.75) is 19.3 Å². The van der Waals surface area contributed by atoms with Crippen LogP contribution >= 0.6 is 11.3 Å². The van der Waals surface area contributed by atoms with Crippen LogP contribution in [0, 0.1) is 0 Å². The molecule has 0 bridgehead atoms. The van der Waals surface area contributed by atoms with Crippen LogP contribution < -0.4 is 4.90 Å². The number of aromatic nitrogens is 1. The monoisotopic (exact) mass is 570 g/mol. The molecule has 1 aliphatic carbocycles. The van der Waals surface area contributed by atoms with Crippen molar-refractivity contribution in [1.82, 2.24) is 4.98 Å². The zero-order valence-electron chi connectivity index (χ0n) is 24.2. The first kappa shape index (κ1) is 25.7. The van der Waals surface area contributed by atoms with Gasteiger partial charge in [-0.15, -0.1) is 11.3 Å². The number of fused-ring (bicyclic) bond motifs is 4. The van der Waals surface area contributed by atoms with Gasteiger partial charge in [0.15, 0.2) is 0 Å². The zero-order valence-corrected chi connectivity index (χ0v) is 25.0. The van der Waals surface area contributed by atoms with Crippen molar-refractivity contribution in [3.63, 3.8) is 0 Å². The lowest BCUT2D eigenvalue weighted by molar-refractivity contribution is 0.661. The quantitative estimate of drug-likeness (QED) is 0.205. The molecule has 0 saturated heterocycles. The topological polar surface area (TPSA) is 16.1 Å². The van der Waals surface area contributed by atoms with E-state index in [1.54, 1.807) is 11.3 Å². The molecule has 206 valence electrons. The van der Waals surface area contributed by atoms with Crippen molar-refractivity contribution in [2.75, 3.05) is 4.90 Å². The SMILES string of the molecule is CC1(C)c2ccc(N(c3ccccc3)c3ccc(-c4ccccc4)cc3)cc2-c2cc3sc(-c4ccccc4)nc3cc21. The standard InChI is InChI=1S/C40H30N2S/c1-40(2)35-23-22-32(24-33(35)34-25-38-37(26-36(34)40)41-39(43-38)29-14-8-4-9-15-29)42(30-16-10-5-11-17-30)31-20-18-28(19-21-31)27-12-6-3-7-13-27/h3-26H,1-2H3. The third-order valence-electron chi connectivity index (χ3n) is 8.69. The van der Waals surface area contributed by atoms with Crippen LogP contribution in [0.2, 0.25) is 0 Å². The Labute approximate surface area is 256 Å². The molecule has 7 aromatic rings. The summed E-state index contributed by atoms with van der Waals surface area (Å²) < 4.78 is 1.23. The molecule has 2 nitrogen and oxygen atoms in total. The molecule has 1 heterocycles. The Balaban J connectivity index is 1.25. The molecule has 0 unspecified atom stereocenters. The first-order valence-electron chi connectivity index (χ1n) is 14.7. The summed E-state index contributed by atoms with van der Waals surface area (Å²) in [6, 6.07) is 52.3. The summed E-state index contributed by atoms with van der Waals surface area (Å²) in [6.45, 7) is 4.68. The number of para-hydroxylation sites is 1. The van der Waals surface area contributed by atoms with E-state index in [1.165, 1.54) is 43.6 Å². The smallest absolute Gasteiger partial charge is 0.124 e. The lowest BCUT2D eigenvalue weighted by atomic mass is 9.82. The van der Waals surface area contributed by atoms with Gasteiger partial charge in [0, 0.05) is 28.0 Å². The second-order valence-corrected chi connectivity index (χ2v) is 12.7. The lowest BCUT2D eigenvalue weighted by Gasteiger charge is -2.27. The highest BCUT2D eigenvalue weighted by atomic mass is 32.1. The summed E-state index contributed by atoms with van der Waals surface area (Å²) in [5, 5.41) is 1.07. The molecule has 1 aliphatic rings. The van der Waals surface area contributed by atoms with Gasteiger partial charge in [-0.2, -0.15) is 0 Å². The summed E-state index contributed by atoms with van der Waals surface area (Å²) >= 11 is 1.77. The molecule has 0 aliphatic heterocycles. The lowest BCUT2D eigenvalue weighted by Crippen LogP contribution is -2.15. The Morgan fingerprint density at radius 1 is 0.512 bits per heavy atom. The van der Waals surface area contributed by atoms with Gasteiger partial charge in [-0.1, -0.05) is 111 Å². The Morgan fingerprint density at radius 3 is 1.77 bits per heavy atom. The van der Waals surface area contributed by atoms with Crippen molar-refractivity contribution < 1.29 is 0 Å². The maximum Gasteiger partial charge on any atom is 0.124 e. The van der Waals surface area contributed by atoms with E-state index in [4.69, 9.17) is 4.98 Å². The Morgan fingerprint density at radius 2 is 1.07 bits per heavy atom. The van der Waals surface area contributed by atoms with Crippen molar-refractivity contribution in [2.24, 2.45) is 0 Å². The fraction of sp³-hybridized carbons (Fsp3) is 0.0750. The van der Waals surface area contributed by atoms with Crippen LogP contribution in [0.4, 0.5) is 17.1 Å². The molecule has 1 aromatic heterocycles. The number of benzene rings is 6. The number of anilines is 3. The van der Waals surface area contributed by atoms with Crippen LogP contribution in [0.25, 0.3) is 43.0 Å². The van der Waals surface area contributed by atoms with Crippen LogP contribution in [0.1, 0.15) is 25.0 Å². The van der Waals surface area contributed by atoms with Crippen LogP contribution in [-0.2, 0) is 5.41 Å². The van der Waals surface area contributed by atoms with E-state index >= 15 is 0 Å². The zero-order chi connectivity index (χ0) is 29.0. The predicted octanol–water partition coefficient (Wildman–Crippen LogP) is 11.4. The van der Waals surface area contributed by atoms with E-state index in [0.717, 1.165) is 27.6 Å². The van der Waals surface area contributed by atoms with Crippen molar-refractivity contribution >= 4 is 38.6 Å². The average molecular weight is 571 g/mol. The van der Waals surface area contributed by atoms with Crippen LogP contribution in [0.5, 0.6) is 0 Å². The predicted molar refractivity (Wildman–Crippen MR) is 183 cm³/mol. The van der Waals surface area contributed by atoms with Crippen molar-refractivity contribution in [1.29, 1.82) is 0 Å². The number of thiazole rings is 1. The molecule has 0 amide bonds. The molecular formula is C40H30N2S. The van der Waals surface area contributed by atoms with Crippen LogP contribution in [-0.4, -0.2) is 4.98 Å². The summed E-state index contributed by atoms with van der Waals surface area (Å²) in [5.41, 5.74) is 13.3. The fourth-order valence-corrected chi connectivity index (χ4v) is 7.45. The molecule has 8 rings (SSSR count). The van der Waals surface area contributed by atoms with E-state index in [9.17, 15) is 0 Å². The van der Waals surface area contributed by atoms with E-state index in [-0.39, 0.29) is 5.41 Å². The van der Waals surface area contributed by atoms with E-state index < -0.39 is 0 Å². The molecule has 3 heteroatoms. The number of rotatable bonds is 5. The minimum atomic E-state index is -0.108. The van der Waals surface area contributed by atoms with Crippen molar-refractivity contribution in [3.05, 3.63) is 157 Å². The minimum absolute atomic E-state index is 0.108. The number of nitrogens with zero attached hydrogens (tertiary/aromatic N) is 2. The van der Waals surface area contributed by atoms with Gasteiger partial charge >= 0.3 is 0 Å². The Hall–Kier alpha value is -4.99. The fourth-order valence-electron chi connectivity index (χ4n) is 6.46. The molecule has 0 fully saturated rings. The highest BCUT2D eigenvalue weighted by Gasteiger charge is 2.36. The first-order valence-corrected chi connectivity index (χ1v) is 15.5. The highest BCUT2D eigenvalue weighted by molar-refractivity contribution is 7.21. The third-order valence-corrected chi connectivity index (χ3v) is 9.76. The summed E-state index contributed by atoms with van der Waals surface area (Å²) in [6.07, 6.45) is 0. The summed E-state index contributed by atoms with van der Waals surface area (Å²) in [5.74, 6) is 0. The van der Waals surface area contributed by atoms with Gasteiger partial charge in [-0.25, -0.2) is 4.98 Å². The summed E-state index contributed by atoms with van der Waals surface area (Å²) in [4.78, 5) is 7.41. The van der Waals surface area contributed by atoms with Gasteiger partial charge in [0.25, 0.3) is 0 Å². The maximum absolute atomic E-state index is 5.05. The molecule has 0 radical (unpaired) electrons. The maximum atomic E-state index is 5.05. The van der Waals surface area contributed by atoms with Crippen LogP contribution in [0.3, 0.4) is 0 Å². The van der Waals surface area contributed by atoms with Crippen molar-refractivity contribution in [3.8, 4) is 32.8 Å². The number of hydrogen-bond donors (Lipinski definition) is 0. The van der Waals surface area contributed by atoms with E-state index in [0.29, 0.717) is 0 Å². The molecule has 0 N–H and O–H groups in total. The highest BCUT2D eigenvalue weighted by Crippen LogP contribution is 2.52. The molecule has 0 atom stereocenters.